The first-order valence-corrected chi connectivity index (χ1v) is 14.7. The average molecular weight is 643 g/mol. The molecule has 44 heavy (non-hydrogen) atoms. The van der Waals surface area contributed by atoms with Crippen molar-refractivity contribution in [1.82, 2.24) is 10.4 Å². The van der Waals surface area contributed by atoms with Crippen molar-refractivity contribution >= 4 is 5.91 Å². The number of rotatable bonds is 14. The molecule has 2 unspecified atom stereocenters. The first kappa shape index (κ1) is 37.2. The van der Waals surface area contributed by atoms with Gasteiger partial charge in [0.2, 0.25) is 5.91 Å². The van der Waals surface area contributed by atoms with E-state index in [1.807, 2.05) is 0 Å². The molecule has 1 aliphatic carbocycles. The summed E-state index contributed by atoms with van der Waals surface area (Å²) < 4.78 is 23.4. The third kappa shape index (κ3) is 9.20. The van der Waals surface area contributed by atoms with E-state index in [-0.39, 0.29) is 45.4 Å². The minimum absolute atomic E-state index is 0.00930. The van der Waals surface area contributed by atoms with Gasteiger partial charge in [0.1, 0.15) is 30.5 Å². The summed E-state index contributed by atoms with van der Waals surface area (Å²) in [7, 11) is 0. The maximum absolute atomic E-state index is 12.7. The van der Waals surface area contributed by atoms with Crippen LogP contribution in [0.1, 0.15) is 19.3 Å². The van der Waals surface area contributed by atoms with Crippen LogP contribution in [0.3, 0.4) is 0 Å². The molecule has 3 aliphatic rings. The van der Waals surface area contributed by atoms with Gasteiger partial charge >= 0.3 is 0 Å². The predicted molar refractivity (Wildman–Crippen MR) is 148 cm³/mol. The van der Waals surface area contributed by atoms with Gasteiger partial charge in [0, 0.05) is 32.1 Å². The largest absolute Gasteiger partial charge is 0.394 e. The van der Waals surface area contributed by atoms with E-state index in [9.17, 15) is 40.6 Å². The highest BCUT2D eigenvalue weighted by Crippen LogP contribution is 2.36. The number of carbonyl (C=O) groups excluding carboxylic acids is 1. The zero-order valence-corrected chi connectivity index (χ0v) is 24.4. The van der Waals surface area contributed by atoms with Gasteiger partial charge in [-0.2, -0.15) is 0 Å². The van der Waals surface area contributed by atoms with Crippen molar-refractivity contribution in [3.05, 3.63) is 0 Å². The Morgan fingerprint density at radius 1 is 0.932 bits per heavy atom. The van der Waals surface area contributed by atoms with Gasteiger partial charge in [-0.1, -0.05) is 0 Å². The summed E-state index contributed by atoms with van der Waals surface area (Å²) >= 11 is 0. The lowest BCUT2D eigenvalue weighted by atomic mass is 9.77. The fourth-order valence-electron chi connectivity index (χ4n) is 5.70. The highest BCUT2D eigenvalue weighted by atomic mass is 16.7. The Kier molecular flexibility index (Phi) is 14.5. The Morgan fingerprint density at radius 2 is 1.59 bits per heavy atom. The van der Waals surface area contributed by atoms with E-state index in [4.69, 9.17) is 47.0 Å². The van der Waals surface area contributed by atoms with E-state index in [0.29, 0.717) is 5.06 Å². The van der Waals surface area contributed by atoms with Crippen molar-refractivity contribution in [2.75, 3.05) is 39.4 Å². The van der Waals surface area contributed by atoms with Crippen LogP contribution in [0.2, 0.25) is 0 Å². The van der Waals surface area contributed by atoms with Gasteiger partial charge in [0.05, 0.1) is 56.3 Å². The summed E-state index contributed by atoms with van der Waals surface area (Å²) in [5, 5.41) is 84.4. The van der Waals surface area contributed by atoms with Crippen molar-refractivity contribution in [2.24, 2.45) is 28.9 Å². The van der Waals surface area contributed by atoms with Gasteiger partial charge in [-0.25, -0.2) is 5.06 Å². The molecule has 2 aliphatic heterocycles. The highest BCUT2D eigenvalue weighted by Gasteiger charge is 2.51. The molecule has 0 spiro atoms. The van der Waals surface area contributed by atoms with Gasteiger partial charge < -0.3 is 82.9 Å². The van der Waals surface area contributed by atoms with E-state index >= 15 is 0 Å². The number of nitrogens with one attached hydrogen (secondary N) is 1. The minimum atomic E-state index is -1.59. The van der Waals surface area contributed by atoms with Crippen molar-refractivity contribution in [2.45, 2.75) is 105 Å². The molecule has 3 rings (SSSR count). The van der Waals surface area contributed by atoms with Crippen LogP contribution in [-0.2, 0) is 23.7 Å². The van der Waals surface area contributed by atoms with E-state index in [2.05, 4.69) is 5.32 Å². The van der Waals surface area contributed by atoms with Crippen molar-refractivity contribution in [3.8, 4) is 0 Å². The van der Waals surface area contributed by atoms with Crippen LogP contribution in [0.5, 0.6) is 0 Å². The summed E-state index contributed by atoms with van der Waals surface area (Å²) in [5.41, 5.74) is 23.9. The summed E-state index contributed by atoms with van der Waals surface area (Å²) in [4.78, 5) is 12.7. The lowest BCUT2D eigenvalue weighted by Crippen LogP contribution is -2.66. The second kappa shape index (κ2) is 17.1. The fourth-order valence-corrected chi connectivity index (χ4v) is 5.70. The fraction of sp³-hybridized carbons (Fsp3) is 0.960. The Labute approximate surface area is 254 Å². The lowest BCUT2D eigenvalue weighted by Gasteiger charge is -2.48. The second-order valence-electron chi connectivity index (χ2n) is 11.6. The van der Waals surface area contributed by atoms with Crippen LogP contribution in [0.4, 0.5) is 0 Å². The molecular formula is C25H50N6O13. The summed E-state index contributed by atoms with van der Waals surface area (Å²) in [6.45, 7) is -1.14. The van der Waals surface area contributed by atoms with Gasteiger partial charge in [-0.3, -0.25) is 10.0 Å². The summed E-state index contributed by atoms with van der Waals surface area (Å²) in [6, 6.07) is -3.02. The molecule has 0 aromatic carbocycles. The highest BCUT2D eigenvalue weighted by molar-refractivity contribution is 5.75. The molecule has 19 nitrogen and oxygen atoms in total. The van der Waals surface area contributed by atoms with Crippen LogP contribution in [-0.4, -0.2) is 177 Å². The topological polar surface area (TPSA) is 335 Å². The summed E-state index contributed by atoms with van der Waals surface area (Å²) in [5.74, 6) is -1.57. The SMILES string of the molecule is NCCN(O)C(=O)C[C@@H]1C[C@H](N)C(O[C@H]2O[C@H](CNCC(O)CO)[C@@H](O)C[C@H]2N)[C@H](O)[C@H]1O[C@H]1O[C@H](CO)[C@@H](O)[C@H](N)[C@H]1O. The van der Waals surface area contributed by atoms with Gasteiger partial charge in [0.25, 0.3) is 0 Å². The molecule has 17 N–H and O–H groups in total. The normalized spacial score (nSPS) is 42.2. The number of hydroxylamine groups is 2. The molecule has 258 valence electrons. The second-order valence-corrected chi connectivity index (χ2v) is 11.6. The number of hydrogen-bond acceptors (Lipinski definition) is 18. The van der Waals surface area contributed by atoms with Gasteiger partial charge in [-0.15, -0.1) is 0 Å². The number of carbonyl (C=O) groups is 1. The van der Waals surface area contributed by atoms with Crippen molar-refractivity contribution in [1.29, 1.82) is 0 Å². The quantitative estimate of drug-likeness (QED) is 0.0618. The third-order valence-corrected chi connectivity index (χ3v) is 8.26. The van der Waals surface area contributed by atoms with Crippen LogP contribution in [0.25, 0.3) is 0 Å². The van der Waals surface area contributed by atoms with Crippen LogP contribution >= 0.6 is 0 Å². The number of aliphatic hydroxyl groups is 7. The summed E-state index contributed by atoms with van der Waals surface area (Å²) in [6.07, 6.45) is -14.1. The molecule has 19 heteroatoms. The van der Waals surface area contributed by atoms with E-state index in [1.165, 1.54) is 0 Å². The molecule has 0 bridgehead atoms. The van der Waals surface area contributed by atoms with Gasteiger partial charge in [0.15, 0.2) is 12.6 Å². The van der Waals surface area contributed by atoms with E-state index in [0.717, 1.165) is 0 Å². The molecule has 15 atom stereocenters. The first-order chi connectivity index (χ1) is 20.8. The maximum atomic E-state index is 12.7. The molecule has 2 saturated heterocycles. The standard InChI is InChI=1S/C25H50N6O13/c26-1-2-31(40)17(36)4-10-3-12(27)23(21(39)22(10)43-25-20(38)18(29)19(37)16(9-33)42-25)44-24-13(28)5-14(35)15(41-24)7-30-6-11(34)8-32/h10-16,18-25,30,32-35,37-40H,1-9,26-29H2/t10-,11?,12-,13+,14-,15+,16+,18-,19+,20+,21+,22-,23?,24+,25+/m0/s1. The molecule has 0 aromatic heterocycles. The molecule has 0 aromatic rings. The Morgan fingerprint density at radius 3 is 2.23 bits per heavy atom. The Balaban J connectivity index is 1.79. The van der Waals surface area contributed by atoms with E-state index in [1.54, 1.807) is 0 Å². The molecule has 3 fully saturated rings. The smallest absolute Gasteiger partial charge is 0.246 e. The minimum Gasteiger partial charge on any atom is -0.394 e. The van der Waals surface area contributed by atoms with Crippen molar-refractivity contribution < 1.29 is 64.7 Å². The van der Waals surface area contributed by atoms with Gasteiger partial charge in [-0.05, 0) is 18.8 Å². The maximum Gasteiger partial charge on any atom is 0.246 e. The lowest BCUT2D eigenvalue weighted by molar-refractivity contribution is -0.320. The Hall–Kier alpha value is -1.21. The number of amides is 1. The number of aliphatic hydroxyl groups excluding tert-OH is 7. The zero-order chi connectivity index (χ0) is 32.7. The van der Waals surface area contributed by atoms with Crippen LogP contribution in [0, 0.1) is 5.92 Å². The Bertz CT molecular complexity index is 882. The molecule has 1 amide bonds. The number of ether oxygens (including phenoxy) is 4. The molecule has 2 heterocycles. The van der Waals surface area contributed by atoms with Crippen LogP contribution < -0.4 is 28.3 Å². The predicted octanol–water partition coefficient (Wildman–Crippen LogP) is -7.46. The average Bonchev–Trinajstić information content (AvgIpc) is 2.98. The number of hydrogen-bond donors (Lipinski definition) is 13. The molecular weight excluding hydrogens is 592 g/mol. The van der Waals surface area contributed by atoms with E-state index < -0.39 is 111 Å². The zero-order valence-electron chi connectivity index (χ0n) is 24.4. The number of nitrogens with two attached hydrogens (primary N) is 4. The number of nitrogens with zero attached hydrogens (tertiary/aromatic N) is 1. The van der Waals surface area contributed by atoms with Crippen molar-refractivity contribution in [3.63, 3.8) is 0 Å². The third-order valence-electron chi connectivity index (χ3n) is 8.26. The monoisotopic (exact) mass is 642 g/mol. The molecule has 1 saturated carbocycles. The first-order valence-electron chi connectivity index (χ1n) is 14.7. The molecule has 0 radical (unpaired) electrons. The van der Waals surface area contributed by atoms with Crippen LogP contribution in [0.15, 0.2) is 0 Å².